The second-order valence-corrected chi connectivity index (χ2v) is 5.92. The molecule has 0 atom stereocenters. The highest BCUT2D eigenvalue weighted by Crippen LogP contribution is 2.07. The van der Waals surface area contributed by atoms with Crippen molar-refractivity contribution in [2.75, 3.05) is 6.61 Å². The van der Waals surface area contributed by atoms with Crippen LogP contribution in [0.25, 0.3) is 0 Å². The topological polar surface area (TPSA) is 88.7 Å². The second kappa shape index (κ2) is 10.8. The van der Waals surface area contributed by atoms with Crippen molar-refractivity contribution < 1.29 is 9.53 Å². The van der Waals surface area contributed by atoms with Gasteiger partial charge in [0.05, 0.1) is 12.3 Å². The first kappa shape index (κ1) is 19.4. The molecule has 0 aliphatic heterocycles. The fraction of sp³-hybridized carbons (Fsp3) is 0.211. The van der Waals surface area contributed by atoms with E-state index in [2.05, 4.69) is 15.8 Å². The molecule has 0 aliphatic rings. The second-order valence-electron chi connectivity index (χ2n) is 5.48. The summed E-state index contributed by atoms with van der Waals surface area (Å²) in [6.45, 7) is 0.730. The number of carbonyl (C=O) groups excluding carboxylic acids is 1. The Morgan fingerprint density at radius 2 is 1.73 bits per heavy atom. The molecule has 2 rings (SSSR count). The SMILES string of the molecule is NC(=S)NN=C(CCCOC(=O)NCc1ccccc1)c1ccccc1. The average molecular weight is 370 g/mol. The van der Waals surface area contributed by atoms with Gasteiger partial charge < -0.3 is 15.8 Å². The van der Waals surface area contributed by atoms with Crippen molar-refractivity contribution in [3.8, 4) is 0 Å². The Labute approximate surface area is 158 Å². The molecule has 2 aromatic rings. The number of carbonyl (C=O) groups is 1. The standard InChI is InChI=1S/C19H22N4O2S/c20-18(26)23-22-17(16-10-5-2-6-11-16)12-7-13-25-19(24)21-14-15-8-3-1-4-9-15/h1-6,8-11H,7,12-14H2,(H,21,24)(H3,20,23,26). The summed E-state index contributed by atoms with van der Waals surface area (Å²) >= 11 is 4.78. The number of nitrogens with one attached hydrogen (secondary N) is 2. The largest absolute Gasteiger partial charge is 0.450 e. The molecule has 2 aromatic carbocycles. The molecular formula is C19H22N4O2S. The number of nitrogens with zero attached hydrogens (tertiary/aromatic N) is 1. The van der Waals surface area contributed by atoms with Gasteiger partial charge >= 0.3 is 6.09 Å². The van der Waals surface area contributed by atoms with E-state index in [0.29, 0.717) is 26.0 Å². The molecule has 0 aliphatic carbocycles. The van der Waals surface area contributed by atoms with E-state index in [9.17, 15) is 4.79 Å². The fourth-order valence-electron chi connectivity index (χ4n) is 2.24. The maximum Gasteiger partial charge on any atom is 0.407 e. The van der Waals surface area contributed by atoms with Gasteiger partial charge in [-0.25, -0.2) is 4.79 Å². The minimum absolute atomic E-state index is 0.106. The zero-order chi connectivity index (χ0) is 18.6. The molecule has 1 amide bonds. The highest BCUT2D eigenvalue weighted by molar-refractivity contribution is 7.80. The number of thiocarbonyl (C=S) groups is 1. The van der Waals surface area contributed by atoms with Crippen LogP contribution in [0.1, 0.15) is 24.0 Å². The number of ether oxygens (including phenoxy) is 1. The van der Waals surface area contributed by atoms with E-state index in [1.165, 1.54) is 0 Å². The number of hydrogen-bond donors (Lipinski definition) is 3. The number of rotatable bonds is 8. The van der Waals surface area contributed by atoms with Crippen LogP contribution in [0, 0.1) is 0 Å². The lowest BCUT2D eigenvalue weighted by molar-refractivity contribution is 0.145. The Kier molecular flexibility index (Phi) is 8.08. The van der Waals surface area contributed by atoms with Gasteiger partial charge in [-0.05, 0) is 36.2 Å². The first-order valence-electron chi connectivity index (χ1n) is 8.27. The third-order valence-corrected chi connectivity index (χ3v) is 3.57. The number of nitrogens with two attached hydrogens (primary N) is 1. The first-order valence-corrected chi connectivity index (χ1v) is 8.68. The van der Waals surface area contributed by atoms with Crippen molar-refractivity contribution in [2.24, 2.45) is 10.8 Å². The van der Waals surface area contributed by atoms with Crippen LogP contribution >= 0.6 is 12.2 Å². The van der Waals surface area contributed by atoms with Crippen LogP contribution in [0.4, 0.5) is 4.79 Å². The summed E-state index contributed by atoms with van der Waals surface area (Å²) in [6, 6.07) is 19.4. The third-order valence-electron chi connectivity index (χ3n) is 3.48. The predicted octanol–water partition coefficient (Wildman–Crippen LogP) is 2.93. The van der Waals surface area contributed by atoms with Crippen molar-refractivity contribution in [3.05, 3.63) is 71.8 Å². The molecule has 0 spiro atoms. The van der Waals surface area contributed by atoms with Crippen molar-refractivity contribution in [3.63, 3.8) is 0 Å². The van der Waals surface area contributed by atoms with Gasteiger partial charge in [-0.15, -0.1) is 0 Å². The van der Waals surface area contributed by atoms with Crippen LogP contribution in [0.2, 0.25) is 0 Å². The molecule has 0 unspecified atom stereocenters. The number of alkyl carbamates (subject to hydrolysis) is 1. The summed E-state index contributed by atoms with van der Waals surface area (Å²) in [7, 11) is 0. The Bertz CT molecular complexity index is 736. The van der Waals surface area contributed by atoms with Gasteiger partial charge in [0.1, 0.15) is 0 Å². The molecule has 6 nitrogen and oxygen atoms in total. The van der Waals surface area contributed by atoms with Crippen LogP contribution in [0.3, 0.4) is 0 Å². The highest BCUT2D eigenvalue weighted by Gasteiger charge is 2.06. The molecule has 136 valence electrons. The molecule has 7 heteroatoms. The normalized spacial score (nSPS) is 10.8. The maximum atomic E-state index is 11.7. The van der Waals surface area contributed by atoms with Crippen LogP contribution in [-0.4, -0.2) is 23.5 Å². The lowest BCUT2D eigenvalue weighted by Crippen LogP contribution is -2.26. The van der Waals surface area contributed by atoms with Gasteiger partial charge in [0.2, 0.25) is 0 Å². The average Bonchev–Trinajstić information content (AvgIpc) is 2.67. The molecule has 4 N–H and O–H groups in total. The molecule has 26 heavy (non-hydrogen) atoms. The van der Waals surface area contributed by atoms with E-state index < -0.39 is 6.09 Å². The summed E-state index contributed by atoms with van der Waals surface area (Å²) in [6.07, 6.45) is 0.810. The fourth-order valence-corrected chi connectivity index (χ4v) is 2.29. The molecule has 0 fully saturated rings. The van der Waals surface area contributed by atoms with E-state index in [1.807, 2.05) is 60.7 Å². The van der Waals surface area contributed by atoms with Crippen molar-refractivity contribution >= 4 is 29.1 Å². The Morgan fingerprint density at radius 3 is 2.38 bits per heavy atom. The number of amides is 1. The lowest BCUT2D eigenvalue weighted by atomic mass is 10.1. The zero-order valence-electron chi connectivity index (χ0n) is 14.4. The Morgan fingerprint density at radius 1 is 1.08 bits per heavy atom. The number of benzene rings is 2. The monoisotopic (exact) mass is 370 g/mol. The van der Waals surface area contributed by atoms with Gasteiger partial charge in [-0.1, -0.05) is 60.7 Å². The van der Waals surface area contributed by atoms with Gasteiger partial charge in [0, 0.05) is 6.54 Å². The summed E-state index contributed by atoms with van der Waals surface area (Å²) in [5, 5.41) is 7.06. The van der Waals surface area contributed by atoms with Gasteiger partial charge in [0.25, 0.3) is 0 Å². The summed E-state index contributed by atoms with van der Waals surface area (Å²) < 4.78 is 5.20. The molecular weight excluding hydrogens is 348 g/mol. The minimum Gasteiger partial charge on any atom is -0.450 e. The summed E-state index contributed by atoms with van der Waals surface area (Å²) in [5.74, 6) is 0. The number of hydrazone groups is 1. The molecule has 0 heterocycles. The maximum absolute atomic E-state index is 11.7. The van der Waals surface area contributed by atoms with E-state index >= 15 is 0 Å². The summed E-state index contributed by atoms with van der Waals surface area (Å²) in [4.78, 5) is 11.7. The van der Waals surface area contributed by atoms with E-state index in [4.69, 9.17) is 22.7 Å². The molecule has 0 radical (unpaired) electrons. The lowest BCUT2D eigenvalue weighted by Gasteiger charge is -2.09. The van der Waals surface area contributed by atoms with Crippen LogP contribution in [0.15, 0.2) is 65.8 Å². The van der Waals surface area contributed by atoms with Gasteiger partial charge in [0.15, 0.2) is 5.11 Å². The highest BCUT2D eigenvalue weighted by atomic mass is 32.1. The van der Waals surface area contributed by atoms with Crippen LogP contribution in [-0.2, 0) is 11.3 Å². The minimum atomic E-state index is -0.437. The van der Waals surface area contributed by atoms with Crippen molar-refractivity contribution in [1.29, 1.82) is 0 Å². The predicted molar refractivity (Wildman–Crippen MR) is 107 cm³/mol. The molecule has 0 aromatic heterocycles. The van der Waals surface area contributed by atoms with E-state index in [0.717, 1.165) is 16.8 Å². The summed E-state index contributed by atoms with van der Waals surface area (Å²) in [5.41, 5.74) is 10.8. The smallest absolute Gasteiger partial charge is 0.407 e. The van der Waals surface area contributed by atoms with Gasteiger partial charge in [-0.2, -0.15) is 5.10 Å². The van der Waals surface area contributed by atoms with Gasteiger partial charge in [-0.3, -0.25) is 5.43 Å². The van der Waals surface area contributed by atoms with Crippen LogP contribution < -0.4 is 16.5 Å². The van der Waals surface area contributed by atoms with E-state index in [-0.39, 0.29) is 5.11 Å². The van der Waals surface area contributed by atoms with Crippen molar-refractivity contribution in [2.45, 2.75) is 19.4 Å². The quantitative estimate of drug-likeness (QED) is 0.288. The number of hydrogen-bond acceptors (Lipinski definition) is 4. The Hall–Kier alpha value is -2.93. The molecule has 0 saturated heterocycles. The molecule has 0 saturated carbocycles. The molecule has 0 bridgehead atoms. The van der Waals surface area contributed by atoms with Crippen molar-refractivity contribution in [1.82, 2.24) is 10.7 Å². The van der Waals surface area contributed by atoms with Crippen LogP contribution in [0.5, 0.6) is 0 Å². The van der Waals surface area contributed by atoms with E-state index in [1.54, 1.807) is 0 Å². The Balaban J connectivity index is 1.75. The zero-order valence-corrected chi connectivity index (χ0v) is 15.2. The first-order chi connectivity index (χ1) is 12.6. The third kappa shape index (κ3) is 7.31.